The normalized spacial score (nSPS) is 14.0. The fraction of sp³-hybridized carbons (Fsp3) is 0.278. The first-order valence-corrected chi connectivity index (χ1v) is 7.76. The Hall–Kier alpha value is -3.07. The van der Waals surface area contributed by atoms with E-state index in [0.717, 1.165) is 11.3 Å². The van der Waals surface area contributed by atoms with Crippen LogP contribution in [0, 0.1) is 12.3 Å². The van der Waals surface area contributed by atoms with Crippen molar-refractivity contribution >= 4 is 11.7 Å². The quantitative estimate of drug-likeness (QED) is 0.794. The van der Waals surface area contributed by atoms with Crippen LogP contribution in [0.2, 0.25) is 0 Å². The number of nitrogens with zero attached hydrogens (tertiary/aromatic N) is 4. The minimum atomic E-state index is -0.431. The number of nitrogens with one attached hydrogen (secondary N) is 1. The number of hydrogen-bond acceptors (Lipinski definition) is 5. The van der Waals surface area contributed by atoms with Gasteiger partial charge < -0.3 is 5.32 Å². The van der Waals surface area contributed by atoms with Crippen molar-refractivity contribution in [2.45, 2.75) is 31.3 Å². The van der Waals surface area contributed by atoms with E-state index in [1.807, 2.05) is 24.3 Å². The monoisotopic (exact) mass is 319 g/mol. The SMILES string of the molecule is C#CCCC1(CCC(=O)Nc2ccc(-c3ccccn3)cn2)N=N1. The zero-order chi connectivity index (χ0) is 16.8. The van der Waals surface area contributed by atoms with Gasteiger partial charge in [0.15, 0.2) is 5.66 Å². The number of pyridine rings is 2. The highest BCUT2D eigenvalue weighted by atomic mass is 16.1. The number of carbonyl (C=O) groups excluding carboxylic acids is 1. The summed E-state index contributed by atoms with van der Waals surface area (Å²) in [6.45, 7) is 0. The first-order valence-electron chi connectivity index (χ1n) is 7.76. The van der Waals surface area contributed by atoms with Crippen LogP contribution in [-0.2, 0) is 4.79 Å². The van der Waals surface area contributed by atoms with Gasteiger partial charge in [-0.25, -0.2) is 4.98 Å². The van der Waals surface area contributed by atoms with E-state index in [1.54, 1.807) is 18.5 Å². The summed E-state index contributed by atoms with van der Waals surface area (Å²) >= 11 is 0. The van der Waals surface area contributed by atoms with E-state index in [4.69, 9.17) is 6.42 Å². The lowest BCUT2D eigenvalue weighted by atomic mass is 10.0. The maximum Gasteiger partial charge on any atom is 0.225 e. The molecular weight excluding hydrogens is 302 g/mol. The van der Waals surface area contributed by atoms with Gasteiger partial charge in [-0.3, -0.25) is 9.78 Å². The maximum absolute atomic E-state index is 12.0. The van der Waals surface area contributed by atoms with Crippen molar-refractivity contribution in [3.05, 3.63) is 42.7 Å². The number of amides is 1. The number of carbonyl (C=O) groups is 1. The fourth-order valence-electron chi connectivity index (χ4n) is 2.34. The van der Waals surface area contributed by atoms with E-state index in [1.165, 1.54) is 0 Å². The van der Waals surface area contributed by atoms with Crippen molar-refractivity contribution in [3.8, 4) is 23.6 Å². The lowest BCUT2D eigenvalue weighted by Crippen LogP contribution is -2.18. The highest BCUT2D eigenvalue weighted by molar-refractivity contribution is 5.89. The molecule has 0 unspecified atom stereocenters. The number of hydrogen-bond donors (Lipinski definition) is 1. The van der Waals surface area contributed by atoms with Crippen LogP contribution < -0.4 is 5.32 Å². The molecule has 0 fully saturated rings. The number of anilines is 1. The molecule has 0 saturated carbocycles. The van der Waals surface area contributed by atoms with E-state index in [2.05, 4.69) is 31.4 Å². The number of aromatic nitrogens is 2. The van der Waals surface area contributed by atoms with Gasteiger partial charge in [0.2, 0.25) is 5.91 Å². The highest BCUT2D eigenvalue weighted by Gasteiger charge is 2.39. The molecule has 2 aromatic rings. The van der Waals surface area contributed by atoms with Crippen LogP contribution in [0.25, 0.3) is 11.3 Å². The van der Waals surface area contributed by atoms with Crippen LogP contribution in [-0.4, -0.2) is 21.5 Å². The summed E-state index contributed by atoms with van der Waals surface area (Å²) in [4.78, 5) is 20.6. The Kier molecular flexibility index (Phi) is 4.62. The van der Waals surface area contributed by atoms with E-state index < -0.39 is 5.66 Å². The third-order valence-corrected chi connectivity index (χ3v) is 3.80. The molecule has 120 valence electrons. The van der Waals surface area contributed by atoms with Crippen molar-refractivity contribution in [1.29, 1.82) is 0 Å². The van der Waals surface area contributed by atoms with Crippen molar-refractivity contribution < 1.29 is 4.79 Å². The Labute approximate surface area is 140 Å². The van der Waals surface area contributed by atoms with Gasteiger partial charge in [-0.1, -0.05) is 6.07 Å². The molecule has 6 nitrogen and oxygen atoms in total. The van der Waals surface area contributed by atoms with Crippen molar-refractivity contribution in [1.82, 2.24) is 9.97 Å². The van der Waals surface area contributed by atoms with Crippen LogP contribution in [0.4, 0.5) is 5.82 Å². The van der Waals surface area contributed by atoms with Crippen LogP contribution in [0.1, 0.15) is 25.7 Å². The van der Waals surface area contributed by atoms with Gasteiger partial charge in [-0.05, 0) is 24.3 Å². The molecule has 0 radical (unpaired) electrons. The second kappa shape index (κ2) is 7.01. The lowest BCUT2D eigenvalue weighted by molar-refractivity contribution is -0.116. The topological polar surface area (TPSA) is 79.6 Å². The summed E-state index contributed by atoms with van der Waals surface area (Å²) in [7, 11) is 0. The molecule has 1 amide bonds. The molecule has 0 saturated heterocycles. The van der Waals surface area contributed by atoms with Gasteiger partial charge in [-0.2, -0.15) is 10.2 Å². The molecule has 3 rings (SSSR count). The third kappa shape index (κ3) is 4.02. The Morgan fingerprint density at radius 2 is 2.04 bits per heavy atom. The molecule has 24 heavy (non-hydrogen) atoms. The van der Waals surface area contributed by atoms with Gasteiger partial charge in [0.05, 0.1) is 5.69 Å². The average molecular weight is 319 g/mol. The lowest BCUT2D eigenvalue weighted by Gasteiger charge is -2.09. The van der Waals surface area contributed by atoms with Gasteiger partial charge in [0.1, 0.15) is 5.82 Å². The summed E-state index contributed by atoms with van der Waals surface area (Å²) in [5.74, 6) is 2.98. The summed E-state index contributed by atoms with van der Waals surface area (Å²) in [5.41, 5.74) is 1.31. The zero-order valence-corrected chi connectivity index (χ0v) is 13.1. The average Bonchev–Trinajstić information content (AvgIpc) is 3.40. The summed E-state index contributed by atoms with van der Waals surface area (Å²) in [6.07, 6.45) is 10.9. The molecule has 0 atom stereocenters. The Bertz CT molecular complexity index is 771. The second-order valence-corrected chi connectivity index (χ2v) is 5.58. The van der Waals surface area contributed by atoms with Gasteiger partial charge in [0.25, 0.3) is 0 Å². The molecule has 0 spiro atoms. The van der Waals surface area contributed by atoms with Crippen LogP contribution >= 0.6 is 0 Å². The van der Waals surface area contributed by atoms with E-state index >= 15 is 0 Å². The Morgan fingerprint density at radius 3 is 2.67 bits per heavy atom. The molecule has 2 aromatic heterocycles. The van der Waals surface area contributed by atoms with Crippen LogP contribution in [0.5, 0.6) is 0 Å². The first-order chi connectivity index (χ1) is 11.7. The molecular formula is C18H17N5O. The van der Waals surface area contributed by atoms with Crippen molar-refractivity contribution in [2.24, 2.45) is 10.2 Å². The maximum atomic E-state index is 12.0. The Balaban J connectivity index is 1.51. The third-order valence-electron chi connectivity index (χ3n) is 3.80. The Morgan fingerprint density at radius 1 is 1.17 bits per heavy atom. The van der Waals surface area contributed by atoms with Crippen molar-refractivity contribution in [2.75, 3.05) is 5.32 Å². The van der Waals surface area contributed by atoms with Gasteiger partial charge >= 0.3 is 0 Å². The molecule has 3 heterocycles. The minimum absolute atomic E-state index is 0.106. The van der Waals surface area contributed by atoms with Crippen LogP contribution in [0.3, 0.4) is 0 Å². The summed E-state index contributed by atoms with van der Waals surface area (Å²) in [6, 6.07) is 9.34. The smallest absolute Gasteiger partial charge is 0.225 e. The molecule has 0 aliphatic carbocycles. The predicted octanol–water partition coefficient (Wildman–Crippen LogP) is 3.44. The van der Waals surface area contributed by atoms with E-state index in [0.29, 0.717) is 31.5 Å². The molecule has 0 aromatic carbocycles. The zero-order valence-electron chi connectivity index (χ0n) is 13.1. The van der Waals surface area contributed by atoms with E-state index in [9.17, 15) is 4.79 Å². The fourth-order valence-corrected chi connectivity index (χ4v) is 2.34. The van der Waals surface area contributed by atoms with Crippen molar-refractivity contribution in [3.63, 3.8) is 0 Å². The molecule has 1 N–H and O–H groups in total. The first kappa shape index (κ1) is 15.8. The molecule has 1 aliphatic heterocycles. The molecule has 0 bridgehead atoms. The summed E-state index contributed by atoms with van der Waals surface area (Å²) in [5, 5.41) is 10.8. The minimum Gasteiger partial charge on any atom is -0.311 e. The number of terminal acetylenes is 1. The number of rotatable bonds is 7. The largest absolute Gasteiger partial charge is 0.311 e. The molecule has 1 aliphatic rings. The predicted molar refractivity (Wildman–Crippen MR) is 91.0 cm³/mol. The van der Waals surface area contributed by atoms with Gasteiger partial charge in [-0.15, -0.1) is 12.3 Å². The van der Waals surface area contributed by atoms with Crippen LogP contribution in [0.15, 0.2) is 53.0 Å². The van der Waals surface area contributed by atoms with Gasteiger partial charge in [0, 0.05) is 43.6 Å². The van der Waals surface area contributed by atoms with E-state index in [-0.39, 0.29) is 5.91 Å². The summed E-state index contributed by atoms with van der Waals surface area (Å²) < 4.78 is 0. The second-order valence-electron chi connectivity index (χ2n) is 5.58. The highest BCUT2D eigenvalue weighted by Crippen LogP contribution is 2.37. The molecule has 6 heteroatoms. The standard InChI is InChI=1S/C18H17N5O/c1-2-3-10-18(22-23-18)11-9-17(24)21-16-8-7-14(13-20-16)15-6-4-5-12-19-15/h1,4-8,12-13H,3,9-11H2,(H,20,21,24).